The standard InChI is InChI=1S/C21H26N2O3/c1-21(2,22)12-6-9-19(24)23(3)18(20(25)26)14-15-10-11-16-7-4-5-8-17(16)13-15/h4-11,13,18H,12,14,22H2,1-3H3,(H,25,26)/t18-/m1/s1. The molecule has 0 saturated heterocycles. The van der Waals surface area contributed by atoms with Gasteiger partial charge in [0.25, 0.3) is 0 Å². The zero-order valence-electron chi connectivity index (χ0n) is 15.5. The van der Waals surface area contributed by atoms with Gasteiger partial charge in [-0.15, -0.1) is 0 Å². The lowest BCUT2D eigenvalue weighted by molar-refractivity contribution is -0.147. The molecular weight excluding hydrogens is 328 g/mol. The van der Waals surface area contributed by atoms with Crippen LogP contribution >= 0.6 is 0 Å². The second kappa shape index (κ2) is 8.15. The van der Waals surface area contributed by atoms with E-state index in [1.165, 1.54) is 18.0 Å². The monoisotopic (exact) mass is 354 g/mol. The van der Waals surface area contributed by atoms with Crippen molar-refractivity contribution in [1.82, 2.24) is 4.90 Å². The number of amides is 1. The third kappa shape index (κ3) is 5.43. The Morgan fingerprint density at radius 2 is 1.85 bits per heavy atom. The Bertz CT molecular complexity index is 821. The number of rotatable bonds is 7. The quantitative estimate of drug-likeness (QED) is 0.749. The molecule has 3 N–H and O–H groups in total. The van der Waals surface area contributed by atoms with Gasteiger partial charge in [0.2, 0.25) is 5.91 Å². The van der Waals surface area contributed by atoms with Gasteiger partial charge in [-0.1, -0.05) is 48.5 Å². The number of hydrogen-bond acceptors (Lipinski definition) is 3. The van der Waals surface area contributed by atoms with Gasteiger partial charge in [-0.05, 0) is 42.7 Å². The maximum absolute atomic E-state index is 12.3. The molecule has 0 unspecified atom stereocenters. The molecule has 1 atom stereocenters. The molecule has 0 aliphatic rings. The van der Waals surface area contributed by atoms with Gasteiger partial charge in [0, 0.05) is 19.0 Å². The number of hydrogen-bond donors (Lipinski definition) is 2. The highest BCUT2D eigenvalue weighted by atomic mass is 16.4. The summed E-state index contributed by atoms with van der Waals surface area (Å²) in [6.45, 7) is 3.73. The maximum atomic E-state index is 12.3. The smallest absolute Gasteiger partial charge is 0.326 e. The summed E-state index contributed by atoms with van der Waals surface area (Å²) in [5, 5.41) is 11.7. The molecule has 0 spiro atoms. The van der Waals surface area contributed by atoms with E-state index in [1.807, 2.05) is 56.3 Å². The number of carboxylic acid groups (broad SMARTS) is 1. The minimum absolute atomic E-state index is 0.249. The van der Waals surface area contributed by atoms with E-state index >= 15 is 0 Å². The van der Waals surface area contributed by atoms with Crippen LogP contribution in [0.15, 0.2) is 54.6 Å². The molecule has 0 heterocycles. The Hall–Kier alpha value is -2.66. The summed E-state index contributed by atoms with van der Waals surface area (Å²) < 4.78 is 0. The van der Waals surface area contributed by atoms with Crippen LogP contribution < -0.4 is 5.73 Å². The van der Waals surface area contributed by atoms with Crippen molar-refractivity contribution in [2.75, 3.05) is 7.05 Å². The van der Waals surface area contributed by atoms with Crippen molar-refractivity contribution in [2.45, 2.75) is 38.3 Å². The van der Waals surface area contributed by atoms with Gasteiger partial charge in [0.05, 0.1) is 0 Å². The number of carboxylic acids is 1. The molecule has 1 amide bonds. The van der Waals surface area contributed by atoms with E-state index in [4.69, 9.17) is 5.73 Å². The summed E-state index contributed by atoms with van der Waals surface area (Å²) >= 11 is 0. The summed E-state index contributed by atoms with van der Waals surface area (Å²) in [5.74, 6) is -1.37. The minimum Gasteiger partial charge on any atom is -0.480 e. The maximum Gasteiger partial charge on any atom is 0.326 e. The molecule has 2 rings (SSSR count). The van der Waals surface area contributed by atoms with Crippen LogP contribution in [0, 0.1) is 0 Å². The Balaban J connectivity index is 2.13. The van der Waals surface area contributed by atoms with Crippen molar-refractivity contribution in [1.29, 1.82) is 0 Å². The number of aliphatic carboxylic acids is 1. The topological polar surface area (TPSA) is 83.6 Å². The van der Waals surface area contributed by atoms with Gasteiger partial charge in [-0.25, -0.2) is 4.79 Å². The molecule has 138 valence electrons. The summed E-state index contributed by atoms with van der Waals surface area (Å²) in [4.78, 5) is 25.3. The fourth-order valence-corrected chi connectivity index (χ4v) is 2.71. The van der Waals surface area contributed by atoms with Crippen LogP contribution in [0.1, 0.15) is 25.8 Å². The van der Waals surface area contributed by atoms with E-state index < -0.39 is 17.6 Å². The average molecular weight is 354 g/mol. The van der Waals surface area contributed by atoms with Crippen LogP contribution in [0.3, 0.4) is 0 Å². The van der Waals surface area contributed by atoms with Crippen molar-refractivity contribution in [3.63, 3.8) is 0 Å². The lowest BCUT2D eigenvalue weighted by Crippen LogP contribution is -2.43. The van der Waals surface area contributed by atoms with Crippen LogP contribution in [0.25, 0.3) is 10.8 Å². The highest BCUT2D eigenvalue weighted by Gasteiger charge is 2.25. The SMILES string of the molecule is CN(C(=O)C=CCC(C)(C)N)[C@H](Cc1ccc2ccccc2c1)C(=O)O. The molecule has 0 radical (unpaired) electrons. The Morgan fingerprint density at radius 3 is 2.46 bits per heavy atom. The van der Waals surface area contributed by atoms with Gasteiger partial charge in [0.15, 0.2) is 0 Å². The number of carbonyl (C=O) groups excluding carboxylic acids is 1. The second-order valence-electron chi connectivity index (χ2n) is 7.28. The highest BCUT2D eigenvalue weighted by molar-refractivity contribution is 5.91. The van der Waals surface area contributed by atoms with Crippen molar-refractivity contribution in [3.05, 3.63) is 60.2 Å². The van der Waals surface area contributed by atoms with Gasteiger partial charge >= 0.3 is 5.97 Å². The van der Waals surface area contributed by atoms with Crippen molar-refractivity contribution < 1.29 is 14.7 Å². The third-order valence-corrected chi connectivity index (χ3v) is 4.25. The molecule has 2 aromatic rings. The van der Waals surface area contributed by atoms with Crippen LogP contribution in [-0.2, 0) is 16.0 Å². The number of benzene rings is 2. The van der Waals surface area contributed by atoms with Crippen LogP contribution in [-0.4, -0.2) is 40.5 Å². The molecule has 26 heavy (non-hydrogen) atoms. The lowest BCUT2D eigenvalue weighted by atomic mass is 10.0. The fourth-order valence-electron chi connectivity index (χ4n) is 2.71. The lowest BCUT2D eigenvalue weighted by Gasteiger charge is -2.24. The summed E-state index contributed by atoms with van der Waals surface area (Å²) in [6.07, 6.45) is 3.87. The number of fused-ring (bicyclic) bond motifs is 1. The number of nitrogens with zero attached hydrogens (tertiary/aromatic N) is 1. The Kier molecular flexibility index (Phi) is 6.16. The fraction of sp³-hybridized carbons (Fsp3) is 0.333. The Morgan fingerprint density at radius 1 is 1.19 bits per heavy atom. The molecule has 2 aromatic carbocycles. The van der Waals surface area contributed by atoms with Crippen molar-refractivity contribution in [3.8, 4) is 0 Å². The van der Waals surface area contributed by atoms with Gasteiger partial charge in [-0.3, -0.25) is 4.79 Å². The van der Waals surface area contributed by atoms with E-state index in [2.05, 4.69) is 0 Å². The second-order valence-corrected chi connectivity index (χ2v) is 7.28. The Labute approximate surface area is 154 Å². The predicted octanol–water partition coefficient (Wildman–Crippen LogP) is 2.98. The largest absolute Gasteiger partial charge is 0.480 e. The van der Waals surface area contributed by atoms with Gasteiger partial charge in [0.1, 0.15) is 6.04 Å². The molecule has 0 bridgehead atoms. The molecule has 5 nitrogen and oxygen atoms in total. The zero-order valence-corrected chi connectivity index (χ0v) is 15.5. The normalized spacial score (nSPS) is 13.1. The molecule has 0 aliphatic carbocycles. The molecular formula is C21H26N2O3. The van der Waals surface area contributed by atoms with E-state index in [1.54, 1.807) is 6.08 Å². The van der Waals surface area contributed by atoms with Crippen LogP contribution in [0.4, 0.5) is 0 Å². The summed E-state index contributed by atoms with van der Waals surface area (Å²) in [5.41, 5.74) is 6.35. The average Bonchev–Trinajstić information content (AvgIpc) is 2.57. The third-order valence-electron chi connectivity index (χ3n) is 4.25. The summed E-state index contributed by atoms with van der Waals surface area (Å²) in [6, 6.07) is 12.8. The van der Waals surface area contributed by atoms with E-state index in [0.29, 0.717) is 6.42 Å². The molecule has 5 heteroatoms. The number of carbonyl (C=O) groups is 2. The van der Waals surface area contributed by atoms with Crippen LogP contribution in [0.2, 0.25) is 0 Å². The zero-order chi connectivity index (χ0) is 19.3. The first-order valence-corrected chi connectivity index (χ1v) is 8.60. The molecule has 0 saturated carbocycles. The van der Waals surface area contributed by atoms with E-state index in [-0.39, 0.29) is 12.3 Å². The van der Waals surface area contributed by atoms with Crippen molar-refractivity contribution in [2.24, 2.45) is 5.73 Å². The highest BCUT2D eigenvalue weighted by Crippen LogP contribution is 2.18. The molecule has 0 fully saturated rings. The van der Waals surface area contributed by atoms with Crippen molar-refractivity contribution >= 4 is 22.6 Å². The number of likely N-dealkylation sites (N-methyl/N-ethyl adjacent to an activating group) is 1. The molecule has 0 aromatic heterocycles. The minimum atomic E-state index is -1.03. The van der Waals surface area contributed by atoms with Gasteiger partial charge < -0.3 is 15.7 Å². The van der Waals surface area contributed by atoms with E-state index in [9.17, 15) is 14.7 Å². The predicted molar refractivity (Wildman–Crippen MR) is 104 cm³/mol. The summed E-state index contributed by atoms with van der Waals surface area (Å²) in [7, 11) is 1.51. The molecule has 0 aliphatic heterocycles. The first-order valence-electron chi connectivity index (χ1n) is 8.60. The van der Waals surface area contributed by atoms with Crippen LogP contribution in [0.5, 0.6) is 0 Å². The number of nitrogens with two attached hydrogens (primary N) is 1. The first-order chi connectivity index (χ1) is 12.2. The van der Waals surface area contributed by atoms with Gasteiger partial charge in [-0.2, -0.15) is 0 Å². The van der Waals surface area contributed by atoms with E-state index in [0.717, 1.165) is 16.3 Å². The first kappa shape index (κ1) is 19.7.